The van der Waals surface area contributed by atoms with Gasteiger partial charge in [-0.05, 0) is 20.7 Å². The van der Waals surface area contributed by atoms with E-state index < -0.39 is 17.2 Å². The Labute approximate surface area is 81.6 Å². The fraction of sp³-hybridized carbons (Fsp3) is 1.00. The van der Waals surface area contributed by atoms with Gasteiger partial charge in [0, 0.05) is 0 Å². The van der Waals surface area contributed by atoms with Gasteiger partial charge in [-0.2, -0.15) is 0 Å². The summed E-state index contributed by atoms with van der Waals surface area (Å²) in [7, 11) is 0. The van der Waals surface area contributed by atoms with Crippen LogP contribution in [0.15, 0.2) is 20.7 Å². The summed E-state index contributed by atoms with van der Waals surface area (Å²) in [5.74, 6) is -5.98. The van der Waals surface area contributed by atoms with Crippen molar-refractivity contribution in [3.63, 3.8) is 0 Å². The normalized spacial score (nSPS) is 13.1. The molecule has 0 aromatic rings. The average Bonchev–Trinajstić information content (AvgIpc) is 2.17. The Morgan fingerprint density at radius 1 is 0.667 bits per heavy atom. The van der Waals surface area contributed by atoms with Crippen molar-refractivity contribution in [3.05, 3.63) is 19.6 Å². The first-order valence-electron chi connectivity index (χ1n) is 3.28. The van der Waals surface area contributed by atoms with Gasteiger partial charge >= 0.3 is 11.4 Å². The lowest BCUT2D eigenvalue weighted by Crippen LogP contribution is -2.79. The lowest BCUT2D eigenvalue weighted by molar-refractivity contribution is 0.131. The molecule has 0 aromatic carbocycles. The van der Waals surface area contributed by atoms with E-state index in [0.717, 1.165) is 0 Å². The highest BCUT2D eigenvalue weighted by molar-refractivity contribution is 5.13. The standard InChI is InChI=1S/C3H8N8O4/c4-2(5,6)1(8-12,9-13)3(7,10-14)11-15/h4-7H2. The molecule has 0 atom stereocenters. The quantitative estimate of drug-likeness (QED) is 0.285. The number of hydrogen-bond acceptors (Lipinski definition) is 12. The maximum atomic E-state index is 10.4. The van der Waals surface area contributed by atoms with E-state index in [4.69, 9.17) is 22.9 Å². The van der Waals surface area contributed by atoms with Crippen molar-refractivity contribution in [2.24, 2.45) is 43.6 Å². The third-order valence-electron chi connectivity index (χ3n) is 1.66. The van der Waals surface area contributed by atoms with Gasteiger partial charge in [0.1, 0.15) is 0 Å². The topological polar surface area (TPSA) is 222 Å². The summed E-state index contributed by atoms with van der Waals surface area (Å²) in [6.07, 6.45) is 0. The second kappa shape index (κ2) is 3.77. The third kappa shape index (κ3) is 1.61. The Balaban J connectivity index is 5.88. The lowest BCUT2D eigenvalue weighted by atomic mass is 9.97. The number of hydrogen-bond donors (Lipinski definition) is 4. The van der Waals surface area contributed by atoms with Crippen LogP contribution >= 0.6 is 0 Å². The monoisotopic (exact) mass is 220 g/mol. The molecular formula is C3H8N8O4. The van der Waals surface area contributed by atoms with Crippen LogP contribution < -0.4 is 22.9 Å². The van der Waals surface area contributed by atoms with Gasteiger partial charge in [-0.3, -0.25) is 22.9 Å². The van der Waals surface area contributed by atoms with E-state index in [2.05, 4.69) is 0 Å². The molecule has 0 aliphatic rings. The Kier molecular flexibility index (Phi) is 3.33. The molecule has 0 saturated carbocycles. The van der Waals surface area contributed by atoms with Gasteiger partial charge in [-0.1, -0.05) is 0 Å². The number of nitroso groups, excluding NO2 is 4. The van der Waals surface area contributed by atoms with E-state index in [1.807, 2.05) is 20.7 Å². The SMILES string of the molecule is NC(N)(N)C(N=O)(N=O)C(N)(N=O)N=O. The molecule has 12 nitrogen and oxygen atoms in total. The largest absolute Gasteiger partial charge is 0.340 e. The Hall–Kier alpha value is -1.76. The highest BCUT2D eigenvalue weighted by atomic mass is 16.3. The van der Waals surface area contributed by atoms with E-state index in [0.29, 0.717) is 0 Å². The van der Waals surface area contributed by atoms with Crippen LogP contribution in [-0.2, 0) is 0 Å². The maximum absolute atomic E-state index is 10.4. The average molecular weight is 220 g/mol. The van der Waals surface area contributed by atoms with Gasteiger partial charge in [-0.25, -0.2) is 0 Å². The minimum Gasteiger partial charge on any atom is -0.297 e. The molecule has 0 bridgehead atoms. The summed E-state index contributed by atoms with van der Waals surface area (Å²) in [6.45, 7) is 0. The minimum absolute atomic E-state index is 1.94. The maximum Gasteiger partial charge on any atom is 0.340 e. The molecule has 0 amide bonds. The summed E-state index contributed by atoms with van der Waals surface area (Å²) >= 11 is 0. The van der Waals surface area contributed by atoms with E-state index >= 15 is 0 Å². The first-order chi connectivity index (χ1) is 6.74. The molecule has 0 spiro atoms. The molecule has 0 radical (unpaired) electrons. The Morgan fingerprint density at radius 3 is 1.07 bits per heavy atom. The van der Waals surface area contributed by atoms with E-state index in [1.165, 1.54) is 0 Å². The van der Waals surface area contributed by atoms with Crippen LogP contribution in [0, 0.1) is 19.6 Å². The van der Waals surface area contributed by atoms with Crippen LogP contribution in [0.4, 0.5) is 0 Å². The van der Waals surface area contributed by atoms with Crippen molar-refractivity contribution in [3.8, 4) is 0 Å². The Bertz CT molecular complexity index is 279. The summed E-state index contributed by atoms with van der Waals surface area (Å²) in [6, 6.07) is 0. The van der Waals surface area contributed by atoms with E-state index in [-0.39, 0.29) is 0 Å². The predicted molar refractivity (Wildman–Crippen MR) is 48.1 cm³/mol. The zero-order chi connectivity index (χ0) is 12.3. The number of nitrogens with two attached hydrogens (primary N) is 4. The van der Waals surface area contributed by atoms with Gasteiger partial charge in [0.2, 0.25) is 0 Å². The second-order valence-corrected chi connectivity index (χ2v) is 2.70. The fourth-order valence-electron chi connectivity index (χ4n) is 0.772. The number of nitrogens with zero attached hydrogens (tertiary/aromatic N) is 4. The lowest BCUT2D eigenvalue weighted by Gasteiger charge is -2.35. The summed E-state index contributed by atoms with van der Waals surface area (Å²) in [5, 5.41) is 7.89. The van der Waals surface area contributed by atoms with Gasteiger partial charge < -0.3 is 0 Å². The Morgan fingerprint density at radius 2 is 1.00 bits per heavy atom. The molecule has 8 N–H and O–H groups in total. The van der Waals surface area contributed by atoms with Crippen LogP contribution in [0.1, 0.15) is 0 Å². The van der Waals surface area contributed by atoms with E-state index in [9.17, 15) is 19.6 Å². The molecular weight excluding hydrogens is 212 g/mol. The predicted octanol–water partition coefficient (Wildman–Crippen LogP) is -2.11. The first kappa shape index (κ1) is 13.2. The van der Waals surface area contributed by atoms with Crippen molar-refractivity contribution in [2.75, 3.05) is 0 Å². The molecule has 0 fully saturated rings. The summed E-state index contributed by atoms with van der Waals surface area (Å²) in [5.41, 5.74) is 16.6. The summed E-state index contributed by atoms with van der Waals surface area (Å²) < 4.78 is 0. The molecule has 0 aliphatic heterocycles. The molecule has 0 aliphatic carbocycles. The second-order valence-electron chi connectivity index (χ2n) is 2.70. The molecule has 0 heterocycles. The fourth-order valence-corrected chi connectivity index (χ4v) is 0.772. The van der Waals surface area contributed by atoms with Crippen LogP contribution in [0.25, 0.3) is 0 Å². The zero-order valence-corrected chi connectivity index (χ0v) is 7.23. The molecule has 0 aromatic heterocycles. The molecule has 15 heavy (non-hydrogen) atoms. The zero-order valence-electron chi connectivity index (χ0n) is 7.23. The minimum atomic E-state index is -3.23. The van der Waals surface area contributed by atoms with Crippen LogP contribution in [0.3, 0.4) is 0 Å². The van der Waals surface area contributed by atoms with Crippen LogP contribution in [0.2, 0.25) is 0 Å². The third-order valence-corrected chi connectivity index (χ3v) is 1.66. The smallest absolute Gasteiger partial charge is 0.297 e. The first-order valence-corrected chi connectivity index (χ1v) is 3.28. The van der Waals surface area contributed by atoms with Crippen molar-refractivity contribution >= 4 is 0 Å². The molecule has 0 rings (SSSR count). The van der Waals surface area contributed by atoms with E-state index in [1.54, 1.807) is 0 Å². The highest BCUT2D eigenvalue weighted by Gasteiger charge is 2.67. The van der Waals surface area contributed by atoms with Crippen molar-refractivity contribution in [1.29, 1.82) is 0 Å². The summed E-state index contributed by atoms with van der Waals surface area (Å²) in [4.78, 5) is 41.3. The van der Waals surface area contributed by atoms with Gasteiger partial charge in [0.05, 0.1) is 0 Å². The van der Waals surface area contributed by atoms with Crippen molar-refractivity contribution in [2.45, 2.75) is 17.2 Å². The molecule has 0 unspecified atom stereocenters. The van der Waals surface area contributed by atoms with Crippen LogP contribution in [-0.4, -0.2) is 17.2 Å². The molecule has 12 heteroatoms. The molecule has 0 saturated heterocycles. The van der Waals surface area contributed by atoms with Crippen LogP contribution in [0.5, 0.6) is 0 Å². The molecule has 84 valence electrons. The van der Waals surface area contributed by atoms with Crippen molar-refractivity contribution < 1.29 is 0 Å². The van der Waals surface area contributed by atoms with Gasteiger partial charge in [0.15, 0.2) is 5.79 Å². The van der Waals surface area contributed by atoms with Crippen molar-refractivity contribution in [1.82, 2.24) is 0 Å². The van der Waals surface area contributed by atoms with Gasteiger partial charge in [0.25, 0.3) is 0 Å². The highest BCUT2D eigenvalue weighted by Crippen LogP contribution is 2.32. The number of rotatable bonds is 6. The van der Waals surface area contributed by atoms with Gasteiger partial charge in [-0.15, -0.1) is 19.6 Å².